The Balaban J connectivity index is 1.74. The number of carbonyl (C=O) groups is 1. The molecule has 2 fully saturated rings. The highest BCUT2D eigenvalue weighted by Crippen LogP contribution is 2.27. The molecule has 2 saturated heterocycles. The molecular formula is C17H23F2N3O2. The van der Waals surface area contributed by atoms with Crippen molar-refractivity contribution in [2.45, 2.75) is 25.7 Å². The van der Waals surface area contributed by atoms with Crippen LogP contribution < -0.4 is 4.90 Å². The number of anilines is 1. The summed E-state index contributed by atoms with van der Waals surface area (Å²) >= 11 is 0. The number of hydrogen-bond donors (Lipinski definition) is 0. The SMILES string of the molecule is O=C(c1ccncc1N1CCOCC1)N1CCCC(CC(F)F)C1. The monoisotopic (exact) mass is 339 g/mol. The molecule has 0 bridgehead atoms. The highest BCUT2D eigenvalue weighted by molar-refractivity contribution is 5.99. The third-order valence-electron chi connectivity index (χ3n) is 4.70. The van der Waals surface area contributed by atoms with Crippen LogP contribution in [0.25, 0.3) is 0 Å². The van der Waals surface area contributed by atoms with Crippen molar-refractivity contribution in [3.63, 3.8) is 0 Å². The van der Waals surface area contributed by atoms with Crippen molar-refractivity contribution in [3.8, 4) is 0 Å². The summed E-state index contributed by atoms with van der Waals surface area (Å²) in [5.74, 6) is -0.200. The maximum atomic E-state index is 12.9. The number of piperidine rings is 1. The number of amides is 1. The molecule has 1 aromatic rings. The summed E-state index contributed by atoms with van der Waals surface area (Å²) in [5.41, 5.74) is 1.41. The van der Waals surface area contributed by atoms with Gasteiger partial charge in [0.05, 0.1) is 30.7 Å². The van der Waals surface area contributed by atoms with E-state index >= 15 is 0 Å². The van der Waals surface area contributed by atoms with E-state index in [-0.39, 0.29) is 18.2 Å². The van der Waals surface area contributed by atoms with Crippen molar-refractivity contribution in [3.05, 3.63) is 24.0 Å². The van der Waals surface area contributed by atoms with Gasteiger partial charge in [0.1, 0.15) is 0 Å². The van der Waals surface area contributed by atoms with E-state index in [0.29, 0.717) is 31.9 Å². The molecule has 0 N–H and O–H groups in total. The topological polar surface area (TPSA) is 45.7 Å². The molecule has 1 atom stereocenters. The van der Waals surface area contributed by atoms with E-state index in [4.69, 9.17) is 4.74 Å². The standard InChI is InChI=1S/C17H23F2N3O2/c18-16(19)10-13-2-1-5-22(12-13)17(23)14-3-4-20-11-15(14)21-6-8-24-9-7-21/h3-4,11,13,16H,1-2,5-10,12H2. The molecule has 0 aromatic carbocycles. The molecule has 1 aromatic heterocycles. The van der Waals surface area contributed by atoms with E-state index in [2.05, 4.69) is 9.88 Å². The van der Waals surface area contributed by atoms with E-state index in [0.717, 1.165) is 31.6 Å². The van der Waals surface area contributed by atoms with Crippen LogP contribution in [0.1, 0.15) is 29.6 Å². The van der Waals surface area contributed by atoms with Gasteiger partial charge in [-0.3, -0.25) is 9.78 Å². The van der Waals surface area contributed by atoms with Crippen molar-refractivity contribution in [2.24, 2.45) is 5.92 Å². The number of nitrogens with zero attached hydrogens (tertiary/aromatic N) is 3. The molecule has 2 aliphatic rings. The number of alkyl halides is 2. The number of aromatic nitrogens is 1. The molecule has 0 spiro atoms. The van der Waals surface area contributed by atoms with E-state index < -0.39 is 6.43 Å². The number of ether oxygens (including phenoxy) is 1. The van der Waals surface area contributed by atoms with Gasteiger partial charge in [0.25, 0.3) is 5.91 Å². The van der Waals surface area contributed by atoms with Gasteiger partial charge in [-0.15, -0.1) is 0 Å². The zero-order valence-electron chi connectivity index (χ0n) is 13.7. The maximum Gasteiger partial charge on any atom is 0.256 e. The van der Waals surface area contributed by atoms with Crippen molar-refractivity contribution < 1.29 is 18.3 Å². The summed E-state index contributed by atoms with van der Waals surface area (Å²) in [6, 6.07) is 1.73. The van der Waals surface area contributed by atoms with Crippen LogP contribution in [0.15, 0.2) is 18.5 Å². The van der Waals surface area contributed by atoms with Gasteiger partial charge < -0.3 is 14.5 Å². The fraction of sp³-hybridized carbons (Fsp3) is 0.647. The first-order valence-corrected chi connectivity index (χ1v) is 8.49. The summed E-state index contributed by atoms with van der Waals surface area (Å²) < 4.78 is 30.7. The molecule has 3 heterocycles. The Hall–Kier alpha value is -1.76. The van der Waals surface area contributed by atoms with Crippen molar-refractivity contribution >= 4 is 11.6 Å². The molecule has 0 aliphatic carbocycles. The first-order valence-electron chi connectivity index (χ1n) is 8.49. The maximum absolute atomic E-state index is 12.9. The van der Waals surface area contributed by atoms with Crippen molar-refractivity contribution in [1.82, 2.24) is 9.88 Å². The van der Waals surface area contributed by atoms with Crippen molar-refractivity contribution in [1.29, 1.82) is 0 Å². The number of morpholine rings is 1. The van der Waals surface area contributed by atoms with Gasteiger partial charge >= 0.3 is 0 Å². The Morgan fingerprint density at radius 3 is 2.88 bits per heavy atom. The van der Waals surface area contributed by atoms with Crippen LogP contribution in [0.3, 0.4) is 0 Å². The fourth-order valence-corrected chi connectivity index (χ4v) is 3.49. The summed E-state index contributed by atoms with van der Waals surface area (Å²) in [6.45, 7) is 3.74. The van der Waals surface area contributed by atoms with Crippen LogP contribution in [0.4, 0.5) is 14.5 Å². The minimum Gasteiger partial charge on any atom is -0.378 e. The average Bonchev–Trinajstić information content (AvgIpc) is 2.61. The Labute approximate surface area is 140 Å². The molecule has 24 heavy (non-hydrogen) atoms. The number of pyridine rings is 1. The Bertz CT molecular complexity index is 565. The summed E-state index contributed by atoms with van der Waals surface area (Å²) in [4.78, 5) is 20.9. The second-order valence-corrected chi connectivity index (χ2v) is 6.38. The lowest BCUT2D eigenvalue weighted by Crippen LogP contribution is -2.42. The van der Waals surface area contributed by atoms with E-state index in [9.17, 15) is 13.6 Å². The molecule has 3 rings (SSSR count). The summed E-state index contributed by atoms with van der Waals surface area (Å²) in [5, 5.41) is 0. The lowest BCUT2D eigenvalue weighted by molar-refractivity contribution is 0.0559. The largest absolute Gasteiger partial charge is 0.378 e. The van der Waals surface area contributed by atoms with Gasteiger partial charge in [-0.2, -0.15) is 0 Å². The van der Waals surface area contributed by atoms with E-state index in [1.807, 2.05) is 0 Å². The minimum atomic E-state index is -2.31. The highest BCUT2D eigenvalue weighted by atomic mass is 19.3. The predicted molar refractivity (Wildman–Crippen MR) is 86.5 cm³/mol. The molecule has 5 nitrogen and oxygen atoms in total. The van der Waals surface area contributed by atoms with Crippen LogP contribution in [0.5, 0.6) is 0 Å². The molecule has 7 heteroatoms. The van der Waals surface area contributed by atoms with Crippen LogP contribution >= 0.6 is 0 Å². The lowest BCUT2D eigenvalue weighted by Gasteiger charge is -2.35. The molecule has 1 unspecified atom stereocenters. The quantitative estimate of drug-likeness (QED) is 0.845. The third kappa shape index (κ3) is 4.01. The number of rotatable bonds is 4. The summed E-state index contributed by atoms with van der Waals surface area (Å²) in [7, 11) is 0. The smallest absolute Gasteiger partial charge is 0.256 e. The Kier molecular flexibility index (Phi) is 5.60. The molecule has 2 aliphatic heterocycles. The molecule has 132 valence electrons. The van der Waals surface area contributed by atoms with Crippen LogP contribution in [-0.2, 0) is 4.74 Å². The van der Waals surface area contributed by atoms with Crippen LogP contribution in [0.2, 0.25) is 0 Å². The van der Waals surface area contributed by atoms with Gasteiger partial charge in [0, 0.05) is 38.8 Å². The number of likely N-dealkylation sites (tertiary alicyclic amines) is 1. The highest BCUT2D eigenvalue weighted by Gasteiger charge is 2.28. The molecular weight excluding hydrogens is 316 g/mol. The molecule has 0 saturated carbocycles. The predicted octanol–water partition coefficient (Wildman–Crippen LogP) is 2.43. The lowest BCUT2D eigenvalue weighted by atomic mass is 9.94. The van der Waals surface area contributed by atoms with Gasteiger partial charge in [0.15, 0.2) is 0 Å². The van der Waals surface area contributed by atoms with Gasteiger partial charge in [-0.25, -0.2) is 8.78 Å². The first kappa shape index (κ1) is 17.1. The number of carbonyl (C=O) groups excluding carboxylic acids is 1. The Morgan fingerprint density at radius 2 is 2.12 bits per heavy atom. The second-order valence-electron chi connectivity index (χ2n) is 6.38. The normalized spacial score (nSPS) is 22.0. The zero-order chi connectivity index (χ0) is 16.9. The average molecular weight is 339 g/mol. The van der Waals surface area contributed by atoms with Crippen LogP contribution in [-0.4, -0.2) is 61.6 Å². The number of halogens is 2. The summed E-state index contributed by atoms with van der Waals surface area (Å²) in [6.07, 6.45) is 2.42. The fourth-order valence-electron chi connectivity index (χ4n) is 3.49. The first-order chi connectivity index (χ1) is 11.6. The van der Waals surface area contributed by atoms with Gasteiger partial charge in [-0.05, 0) is 24.8 Å². The van der Waals surface area contributed by atoms with E-state index in [1.54, 1.807) is 23.4 Å². The van der Waals surface area contributed by atoms with E-state index in [1.165, 1.54) is 0 Å². The number of hydrogen-bond acceptors (Lipinski definition) is 4. The van der Waals surface area contributed by atoms with Crippen LogP contribution in [0, 0.1) is 5.92 Å². The van der Waals surface area contributed by atoms with Gasteiger partial charge in [0.2, 0.25) is 6.43 Å². The second kappa shape index (κ2) is 7.88. The third-order valence-corrected chi connectivity index (χ3v) is 4.70. The minimum absolute atomic E-state index is 0.0853. The Morgan fingerprint density at radius 1 is 1.33 bits per heavy atom. The molecule has 0 radical (unpaired) electrons. The molecule has 1 amide bonds. The zero-order valence-corrected chi connectivity index (χ0v) is 13.7. The van der Waals surface area contributed by atoms with Crippen molar-refractivity contribution in [2.75, 3.05) is 44.3 Å². The van der Waals surface area contributed by atoms with Gasteiger partial charge in [-0.1, -0.05) is 0 Å².